The van der Waals surface area contributed by atoms with E-state index in [9.17, 15) is 8.42 Å². The first-order valence-electron chi connectivity index (χ1n) is 6.70. The highest BCUT2D eigenvalue weighted by Gasteiger charge is 2.16. The van der Waals surface area contributed by atoms with Crippen molar-refractivity contribution in [3.8, 4) is 0 Å². The molecule has 110 valence electrons. The van der Waals surface area contributed by atoms with E-state index < -0.39 is 10.0 Å². The zero-order valence-corrected chi connectivity index (χ0v) is 13.7. The predicted molar refractivity (Wildman–Crippen MR) is 88.2 cm³/mol. The maximum absolute atomic E-state index is 12.4. The van der Waals surface area contributed by atoms with E-state index in [1.165, 1.54) is 5.56 Å². The van der Waals surface area contributed by atoms with E-state index in [1.54, 1.807) is 30.3 Å². The van der Waals surface area contributed by atoms with E-state index in [0.29, 0.717) is 5.69 Å². The molecule has 2 aromatic rings. The fraction of sp³-hybridized carbons (Fsp3) is 0.200. The Morgan fingerprint density at radius 3 is 2.81 bits per heavy atom. The van der Waals surface area contributed by atoms with Crippen LogP contribution in [0.4, 0.5) is 11.4 Å². The van der Waals surface area contributed by atoms with Crippen molar-refractivity contribution in [3.05, 3.63) is 52.5 Å². The second-order valence-electron chi connectivity index (χ2n) is 4.97. The van der Waals surface area contributed by atoms with Crippen LogP contribution in [0, 0.1) is 0 Å². The summed E-state index contributed by atoms with van der Waals surface area (Å²) in [5.41, 5.74) is 2.81. The third-order valence-electron chi connectivity index (χ3n) is 3.41. The number of aryl methyl sites for hydroxylation is 1. The van der Waals surface area contributed by atoms with Crippen LogP contribution in [0.3, 0.4) is 0 Å². The van der Waals surface area contributed by atoms with Crippen molar-refractivity contribution in [1.29, 1.82) is 0 Å². The Kier molecular flexibility index (Phi) is 3.91. The van der Waals surface area contributed by atoms with Gasteiger partial charge in [-0.05, 0) is 48.7 Å². The van der Waals surface area contributed by atoms with Gasteiger partial charge in [0.15, 0.2) is 0 Å². The normalized spacial score (nSPS) is 14.1. The van der Waals surface area contributed by atoms with Gasteiger partial charge in [0.25, 0.3) is 10.0 Å². The topological polar surface area (TPSA) is 58.2 Å². The molecule has 21 heavy (non-hydrogen) atoms. The van der Waals surface area contributed by atoms with E-state index in [0.717, 1.165) is 29.5 Å². The minimum Gasteiger partial charge on any atom is -0.385 e. The average molecular weight is 367 g/mol. The highest BCUT2D eigenvalue weighted by Crippen LogP contribution is 2.27. The molecule has 0 bridgehead atoms. The van der Waals surface area contributed by atoms with Crippen LogP contribution >= 0.6 is 15.9 Å². The Morgan fingerprint density at radius 1 is 1.14 bits per heavy atom. The summed E-state index contributed by atoms with van der Waals surface area (Å²) in [6, 6.07) is 12.3. The van der Waals surface area contributed by atoms with E-state index in [-0.39, 0.29) is 4.90 Å². The number of sulfonamides is 1. The fourth-order valence-corrected chi connectivity index (χ4v) is 4.02. The number of rotatable bonds is 3. The minimum absolute atomic E-state index is 0.238. The van der Waals surface area contributed by atoms with E-state index in [1.807, 2.05) is 12.1 Å². The smallest absolute Gasteiger partial charge is 0.261 e. The predicted octanol–water partition coefficient (Wildman–Crippen LogP) is 3.61. The summed E-state index contributed by atoms with van der Waals surface area (Å²) < 4.78 is 28.1. The van der Waals surface area contributed by atoms with Crippen molar-refractivity contribution >= 4 is 37.3 Å². The Bertz CT molecular complexity index is 775. The monoisotopic (exact) mass is 366 g/mol. The maximum Gasteiger partial charge on any atom is 0.261 e. The lowest BCUT2D eigenvalue weighted by Crippen LogP contribution is -2.15. The number of hydrogen-bond acceptors (Lipinski definition) is 3. The van der Waals surface area contributed by atoms with Gasteiger partial charge >= 0.3 is 0 Å². The molecule has 1 heterocycles. The first kappa shape index (κ1) is 14.4. The average Bonchev–Trinajstić information content (AvgIpc) is 2.47. The number of anilines is 2. The lowest BCUT2D eigenvalue weighted by atomic mass is 10.0. The number of fused-ring (bicyclic) bond motifs is 1. The molecular formula is C15H15BrN2O2S. The molecule has 6 heteroatoms. The molecule has 0 aromatic heterocycles. The molecular weight excluding hydrogens is 352 g/mol. The maximum atomic E-state index is 12.4. The van der Waals surface area contributed by atoms with Crippen LogP contribution in [0.5, 0.6) is 0 Å². The van der Waals surface area contributed by atoms with E-state index in [2.05, 4.69) is 26.0 Å². The first-order valence-corrected chi connectivity index (χ1v) is 8.97. The van der Waals surface area contributed by atoms with Crippen molar-refractivity contribution in [2.45, 2.75) is 17.7 Å². The van der Waals surface area contributed by atoms with Crippen LogP contribution in [0.1, 0.15) is 12.0 Å². The summed E-state index contributed by atoms with van der Waals surface area (Å²) >= 11 is 3.29. The van der Waals surface area contributed by atoms with Crippen LogP contribution in [-0.4, -0.2) is 15.0 Å². The Labute approximate surface area is 132 Å². The fourth-order valence-electron chi connectivity index (χ4n) is 2.37. The van der Waals surface area contributed by atoms with Crippen molar-refractivity contribution in [2.24, 2.45) is 0 Å². The highest BCUT2D eigenvalue weighted by molar-refractivity contribution is 9.10. The molecule has 4 nitrogen and oxygen atoms in total. The number of hydrogen-bond donors (Lipinski definition) is 2. The summed E-state index contributed by atoms with van der Waals surface area (Å²) in [6.45, 7) is 0.925. The molecule has 1 aliphatic rings. The molecule has 0 saturated heterocycles. The molecule has 3 rings (SSSR count). The zero-order chi connectivity index (χ0) is 14.9. The van der Waals surface area contributed by atoms with Crippen molar-refractivity contribution in [2.75, 3.05) is 16.6 Å². The van der Waals surface area contributed by atoms with Crippen molar-refractivity contribution in [3.63, 3.8) is 0 Å². The summed E-state index contributed by atoms with van der Waals surface area (Å²) in [5.74, 6) is 0. The Morgan fingerprint density at radius 2 is 2.00 bits per heavy atom. The van der Waals surface area contributed by atoms with Gasteiger partial charge in [-0.2, -0.15) is 0 Å². The minimum atomic E-state index is -3.57. The molecule has 1 aliphatic heterocycles. The number of benzene rings is 2. The molecule has 0 aliphatic carbocycles. The van der Waals surface area contributed by atoms with Crippen LogP contribution in [-0.2, 0) is 16.4 Å². The van der Waals surface area contributed by atoms with Gasteiger partial charge in [0.1, 0.15) is 0 Å². The molecule has 2 N–H and O–H groups in total. The standard InChI is InChI=1S/C15H15BrN2O2S/c16-12-4-1-5-14(9-12)21(19,20)18-13-7-6-11-3-2-8-17-15(11)10-13/h1,4-7,9-10,17-18H,2-3,8H2. The summed E-state index contributed by atoms with van der Waals surface area (Å²) in [7, 11) is -3.57. The second-order valence-corrected chi connectivity index (χ2v) is 7.56. The van der Waals surface area contributed by atoms with Gasteiger partial charge in [0, 0.05) is 16.7 Å². The summed E-state index contributed by atoms with van der Waals surface area (Å²) in [5, 5.41) is 3.30. The van der Waals surface area contributed by atoms with Gasteiger partial charge in [-0.15, -0.1) is 0 Å². The van der Waals surface area contributed by atoms with Gasteiger partial charge in [-0.3, -0.25) is 4.72 Å². The largest absolute Gasteiger partial charge is 0.385 e. The molecule has 0 fully saturated rings. The molecule has 0 unspecified atom stereocenters. The quantitative estimate of drug-likeness (QED) is 0.872. The number of nitrogens with one attached hydrogen (secondary N) is 2. The van der Waals surface area contributed by atoms with Gasteiger partial charge in [0.2, 0.25) is 0 Å². The third-order valence-corrected chi connectivity index (χ3v) is 5.28. The lowest BCUT2D eigenvalue weighted by molar-refractivity contribution is 0.601. The summed E-state index contributed by atoms with van der Waals surface area (Å²) in [4.78, 5) is 0.238. The third kappa shape index (κ3) is 3.22. The van der Waals surface area contributed by atoms with Gasteiger partial charge in [-0.1, -0.05) is 28.1 Å². The molecule has 2 aromatic carbocycles. The Hall–Kier alpha value is -1.53. The SMILES string of the molecule is O=S(=O)(Nc1ccc2c(c1)NCCC2)c1cccc(Br)c1. The van der Waals surface area contributed by atoms with Crippen molar-refractivity contribution in [1.82, 2.24) is 0 Å². The Balaban J connectivity index is 1.89. The summed E-state index contributed by atoms with van der Waals surface area (Å²) in [6.07, 6.45) is 2.14. The molecule has 0 saturated carbocycles. The number of halogens is 1. The second kappa shape index (κ2) is 5.69. The first-order chi connectivity index (χ1) is 10.0. The van der Waals surface area contributed by atoms with Crippen LogP contribution < -0.4 is 10.0 Å². The van der Waals surface area contributed by atoms with Crippen LogP contribution in [0.15, 0.2) is 51.8 Å². The van der Waals surface area contributed by atoms with Gasteiger partial charge < -0.3 is 5.32 Å². The van der Waals surface area contributed by atoms with Gasteiger partial charge in [-0.25, -0.2) is 8.42 Å². The van der Waals surface area contributed by atoms with Crippen LogP contribution in [0.25, 0.3) is 0 Å². The van der Waals surface area contributed by atoms with Crippen molar-refractivity contribution < 1.29 is 8.42 Å². The lowest BCUT2D eigenvalue weighted by Gasteiger charge is -2.19. The van der Waals surface area contributed by atoms with Gasteiger partial charge in [0.05, 0.1) is 10.6 Å². The molecule has 0 radical (unpaired) electrons. The van der Waals surface area contributed by atoms with Crippen LogP contribution in [0.2, 0.25) is 0 Å². The molecule has 0 atom stereocenters. The molecule has 0 spiro atoms. The highest BCUT2D eigenvalue weighted by atomic mass is 79.9. The zero-order valence-electron chi connectivity index (χ0n) is 11.3. The van der Waals surface area contributed by atoms with E-state index >= 15 is 0 Å². The molecule has 0 amide bonds. The van der Waals surface area contributed by atoms with E-state index in [4.69, 9.17) is 0 Å².